The molecule has 1 aromatic rings. The number of hydrogen-bond donors (Lipinski definition) is 2. The van der Waals surface area contributed by atoms with E-state index in [9.17, 15) is 9.59 Å². The highest BCUT2D eigenvalue weighted by Crippen LogP contribution is 2.22. The topological polar surface area (TPSA) is 127 Å². The number of amides is 1. The van der Waals surface area contributed by atoms with Crippen LogP contribution in [0, 0.1) is 0 Å². The molecule has 2 N–H and O–H groups in total. The molecular weight excluding hydrogens is 376 g/mol. The second-order valence-electron chi connectivity index (χ2n) is 6.04. The van der Waals surface area contributed by atoms with Gasteiger partial charge in [0.2, 0.25) is 0 Å². The van der Waals surface area contributed by atoms with Crippen LogP contribution < -0.4 is 5.23 Å². The summed E-state index contributed by atoms with van der Waals surface area (Å²) < 4.78 is 10.6. The lowest BCUT2D eigenvalue weighted by atomic mass is 10.1. The minimum atomic E-state index is -0.546. The smallest absolute Gasteiger partial charge is 0.410 e. The fraction of sp³-hybridized carbons (Fsp3) is 0.412. The quantitative estimate of drug-likeness (QED) is 0.292. The number of benzene rings is 1. The normalized spacial score (nSPS) is 14.5. The van der Waals surface area contributed by atoms with Crippen molar-refractivity contribution in [2.75, 3.05) is 18.3 Å². The molecular formula is C17H22N2O9. The second kappa shape index (κ2) is 10.6. The maximum atomic E-state index is 12.3. The van der Waals surface area contributed by atoms with Crippen LogP contribution >= 0.6 is 0 Å². The van der Waals surface area contributed by atoms with Crippen molar-refractivity contribution in [3.8, 4) is 0 Å². The van der Waals surface area contributed by atoms with Crippen molar-refractivity contribution in [1.82, 2.24) is 4.90 Å². The molecule has 0 atom stereocenters. The van der Waals surface area contributed by atoms with Gasteiger partial charge in [0.15, 0.2) is 0 Å². The van der Waals surface area contributed by atoms with Crippen LogP contribution in [-0.4, -0.2) is 46.7 Å². The van der Waals surface area contributed by atoms with Gasteiger partial charge in [-0.2, -0.15) is 0 Å². The number of carbonyl (C=O) groups excluding carboxylic acids is 2. The van der Waals surface area contributed by atoms with Crippen LogP contribution in [0.2, 0.25) is 0 Å². The van der Waals surface area contributed by atoms with Crippen molar-refractivity contribution in [1.29, 1.82) is 0 Å². The van der Waals surface area contributed by atoms with E-state index in [4.69, 9.17) is 20.0 Å². The van der Waals surface area contributed by atoms with E-state index >= 15 is 0 Å². The van der Waals surface area contributed by atoms with Gasteiger partial charge < -0.3 is 14.4 Å². The van der Waals surface area contributed by atoms with Crippen molar-refractivity contribution in [2.45, 2.75) is 32.5 Å². The molecule has 28 heavy (non-hydrogen) atoms. The van der Waals surface area contributed by atoms with Gasteiger partial charge in [-0.1, -0.05) is 40.0 Å². The van der Waals surface area contributed by atoms with Crippen molar-refractivity contribution in [2.24, 2.45) is 0 Å². The van der Waals surface area contributed by atoms with E-state index in [-0.39, 0.29) is 18.4 Å². The first-order valence-corrected chi connectivity index (χ1v) is 8.42. The summed E-state index contributed by atoms with van der Waals surface area (Å²) in [5.41, 5.74) is 0.876. The number of nitrogens with zero attached hydrogens (tertiary/aromatic N) is 2. The van der Waals surface area contributed by atoms with Crippen LogP contribution in [0.3, 0.4) is 0 Å². The summed E-state index contributed by atoms with van der Waals surface area (Å²) in [4.78, 5) is 33.5. The molecule has 1 aliphatic heterocycles. The Bertz CT molecular complexity index is 689. The van der Waals surface area contributed by atoms with Crippen LogP contribution in [0.1, 0.15) is 25.3 Å². The summed E-state index contributed by atoms with van der Waals surface area (Å²) in [5.74, 6) is -0.442. The number of anilines is 1. The second-order valence-corrected chi connectivity index (χ2v) is 6.04. The summed E-state index contributed by atoms with van der Waals surface area (Å²) in [7, 11) is 0. The molecule has 0 aromatic heterocycles. The first-order chi connectivity index (χ1) is 13.5. The average Bonchev–Trinajstić information content (AvgIpc) is 2.71. The molecule has 1 aliphatic rings. The molecule has 1 amide bonds. The number of likely N-dealkylation sites (tertiary alicyclic amines) is 1. The predicted octanol–water partition coefficient (Wildman–Crippen LogP) is 2.45. The molecule has 0 aliphatic carbocycles. The molecule has 11 heteroatoms. The van der Waals surface area contributed by atoms with Crippen molar-refractivity contribution >= 4 is 17.7 Å². The molecule has 154 valence electrons. The first-order valence-electron chi connectivity index (χ1n) is 8.42. The van der Waals surface area contributed by atoms with E-state index in [1.54, 1.807) is 25.1 Å². The Labute approximate surface area is 160 Å². The molecule has 1 saturated heterocycles. The van der Waals surface area contributed by atoms with E-state index in [0.29, 0.717) is 42.3 Å². The minimum Gasteiger partial charge on any atom is -0.459 e. The number of carbonyl (C=O) groups is 2. The predicted molar refractivity (Wildman–Crippen MR) is 93.1 cm³/mol. The summed E-state index contributed by atoms with van der Waals surface area (Å²) in [6, 6.07) is 6.34. The number of para-hydroxylation sites is 1. The molecule has 11 nitrogen and oxygen atoms in total. The van der Waals surface area contributed by atoms with Gasteiger partial charge in [-0.3, -0.25) is 0 Å². The molecule has 0 bridgehead atoms. The van der Waals surface area contributed by atoms with Crippen molar-refractivity contribution in [3.63, 3.8) is 0 Å². The highest BCUT2D eigenvalue weighted by atomic mass is 17.6. The van der Waals surface area contributed by atoms with Gasteiger partial charge in [-0.25, -0.2) is 20.1 Å². The van der Waals surface area contributed by atoms with Gasteiger partial charge in [0, 0.05) is 37.1 Å². The van der Waals surface area contributed by atoms with Gasteiger partial charge in [0.05, 0.1) is 0 Å². The Kier molecular flexibility index (Phi) is 8.17. The zero-order valence-corrected chi connectivity index (χ0v) is 15.3. The summed E-state index contributed by atoms with van der Waals surface area (Å²) >= 11 is 0. The standard InChI is InChI=1S/C17H22N2O9/c1-12(2)16(20)25-14-7-9-18(10-8-14)17(21)24-11-13-5-3-4-6-15(13)19(26-22)27-28-23/h3-6,14,22-23H,1,7-11H2,2H3. The van der Waals surface area contributed by atoms with Crippen molar-refractivity contribution < 1.29 is 44.6 Å². The van der Waals surface area contributed by atoms with E-state index < -0.39 is 12.1 Å². The van der Waals surface area contributed by atoms with Crippen LogP contribution in [0.5, 0.6) is 0 Å². The maximum Gasteiger partial charge on any atom is 0.410 e. The van der Waals surface area contributed by atoms with Crippen LogP contribution in [0.15, 0.2) is 36.4 Å². The largest absolute Gasteiger partial charge is 0.459 e. The third kappa shape index (κ3) is 5.90. The number of ether oxygens (including phenoxy) is 2. The highest BCUT2D eigenvalue weighted by molar-refractivity contribution is 5.87. The monoisotopic (exact) mass is 398 g/mol. The van der Waals surface area contributed by atoms with E-state index in [1.165, 1.54) is 11.0 Å². The van der Waals surface area contributed by atoms with E-state index in [2.05, 4.69) is 21.6 Å². The minimum absolute atomic E-state index is 0.136. The Morgan fingerprint density at radius 3 is 2.54 bits per heavy atom. The Morgan fingerprint density at radius 2 is 1.93 bits per heavy atom. The van der Waals surface area contributed by atoms with Crippen molar-refractivity contribution in [3.05, 3.63) is 42.0 Å². The van der Waals surface area contributed by atoms with Gasteiger partial charge >= 0.3 is 12.1 Å². The summed E-state index contributed by atoms with van der Waals surface area (Å²) in [6.45, 7) is 5.71. The lowest BCUT2D eigenvalue weighted by Crippen LogP contribution is -2.41. The van der Waals surface area contributed by atoms with Gasteiger partial charge in [-0.05, 0) is 18.0 Å². The molecule has 1 aromatic carbocycles. The van der Waals surface area contributed by atoms with Gasteiger partial charge in [0.25, 0.3) is 0 Å². The Balaban J connectivity index is 1.87. The van der Waals surface area contributed by atoms with Gasteiger partial charge in [-0.15, -0.1) is 0 Å². The van der Waals surface area contributed by atoms with Crippen LogP contribution in [-0.2, 0) is 35.9 Å². The molecule has 0 saturated carbocycles. The van der Waals surface area contributed by atoms with E-state index in [1.807, 2.05) is 0 Å². The fourth-order valence-corrected chi connectivity index (χ4v) is 2.58. The zero-order chi connectivity index (χ0) is 20.5. The molecule has 0 radical (unpaired) electrons. The molecule has 0 spiro atoms. The molecule has 0 unspecified atom stereocenters. The molecule has 1 heterocycles. The summed E-state index contributed by atoms with van der Waals surface area (Å²) in [5, 5.41) is 21.0. The average molecular weight is 398 g/mol. The maximum absolute atomic E-state index is 12.3. The van der Waals surface area contributed by atoms with E-state index in [0.717, 1.165) is 0 Å². The number of rotatable bonds is 8. The molecule has 1 fully saturated rings. The molecule has 2 rings (SSSR count). The lowest BCUT2D eigenvalue weighted by Gasteiger charge is -2.31. The highest BCUT2D eigenvalue weighted by Gasteiger charge is 2.26. The van der Waals surface area contributed by atoms with Crippen LogP contribution in [0.4, 0.5) is 10.5 Å². The third-order valence-corrected chi connectivity index (χ3v) is 4.04. The van der Waals surface area contributed by atoms with Crippen LogP contribution in [0.25, 0.3) is 0 Å². The summed E-state index contributed by atoms with van der Waals surface area (Å²) in [6.07, 6.45) is 0.187. The first kappa shape index (κ1) is 21.6. The van der Waals surface area contributed by atoms with Gasteiger partial charge in [0.1, 0.15) is 18.4 Å². The Hall–Kier alpha value is -2.70. The third-order valence-electron chi connectivity index (χ3n) is 4.04. The number of esters is 1. The lowest BCUT2D eigenvalue weighted by molar-refractivity contribution is -0.538. The number of piperidine rings is 1. The SMILES string of the molecule is C=C(C)C(=O)OC1CCN(C(=O)OCc2ccccc2N(OO)OOO)CC1. The Morgan fingerprint density at radius 1 is 1.25 bits per heavy atom. The number of hydrogen-bond acceptors (Lipinski definition) is 10. The zero-order valence-electron chi connectivity index (χ0n) is 15.3. The fourth-order valence-electron chi connectivity index (χ4n) is 2.58.